The molecule has 152 valence electrons. The number of nitrogens with zero attached hydrogens (tertiary/aromatic N) is 3. The summed E-state index contributed by atoms with van der Waals surface area (Å²) < 4.78 is 43.5. The molecule has 0 aliphatic carbocycles. The topological polar surface area (TPSA) is 94.8 Å². The highest BCUT2D eigenvalue weighted by molar-refractivity contribution is 7.89. The molecule has 1 fully saturated rings. The number of hydrogen-bond acceptors (Lipinski definition) is 7. The van der Waals surface area contributed by atoms with Gasteiger partial charge in [-0.25, -0.2) is 8.42 Å². The first-order chi connectivity index (χ1) is 14.0. The van der Waals surface area contributed by atoms with E-state index in [1.807, 2.05) is 19.1 Å². The molecule has 0 saturated carbocycles. The molecule has 3 aromatic rings. The van der Waals surface area contributed by atoms with Gasteiger partial charge in [0.05, 0.1) is 18.6 Å². The molecule has 4 rings (SSSR count). The Hall–Kier alpha value is -2.75. The molecule has 1 atom stereocenters. The summed E-state index contributed by atoms with van der Waals surface area (Å²) in [6, 6.07) is 14.0. The number of benzene rings is 2. The second-order valence-corrected chi connectivity index (χ2v) is 8.66. The molecule has 9 heteroatoms. The lowest BCUT2D eigenvalue weighted by Gasteiger charge is -2.30. The van der Waals surface area contributed by atoms with Crippen LogP contribution in [0.2, 0.25) is 0 Å². The van der Waals surface area contributed by atoms with E-state index >= 15 is 0 Å². The number of hydrogen-bond donors (Lipinski definition) is 0. The van der Waals surface area contributed by atoms with Gasteiger partial charge in [0.25, 0.3) is 5.89 Å². The predicted molar refractivity (Wildman–Crippen MR) is 105 cm³/mol. The SMILES string of the molecule is COc1ccc(-c2noc(C3CN(S(=O)(=O)c4ccc(C)cc4)CCO3)n2)cc1. The van der Waals surface area contributed by atoms with Gasteiger partial charge in [-0.3, -0.25) is 0 Å². The maximum atomic E-state index is 13.0. The van der Waals surface area contributed by atoms with Gasteiger partial charge < -0.3 is 14.0 Å². The Kier molecular flexibility index (Phi) is 5.35. The first-order valence-electron chi connectivity index (χ1n) is 9.14. The average molecular weight is 415 g/mol. The van der Waals surface area contributed by atoms with Crippen LogP contribution in [-0.4, -0.2) is 49.7 Å². The molecular formula is C20H21N3O5S. The van der Waals surface area contributed by atoms with E-state index in [9.17, 15) is 8.42 Å². The number of morpholine rings is 1. The fraction of sp³-hybridized carbons (Fsp3) is 0.300. The Balaban J connectivity index is 1.52. The van der Waals surface area contributed by atoms with E-state index in [4.69, 9.17) is 14.0 Å². The zero-order valence-corrected chi connectivity index (χ0v) is 16.9. The van der Waals surface area contributed by atoms with E-state index < -0.39 is 16.1 Å². The zero-order valence-electron chi connectivity index (χ0n) is 16.1. The molecule has 1 aliphatic heterocycles. The summed E-state index contributed by atoms with van der Waals surface area (Å²) >= 11 is 0. The van der Waals surface area contributed by atoms with Crippen molar-refractivity contribution in [2.75, 3.05) is 26.8 Å². The van der Waals surface area contributed by atoms with Gasteiger partial charge in [-0.1, -0.05) is 22.9 Å². The van der Waals surface area contributed by atoms with Crippen LogP contribution in [0.3, 0.4) is 0 Å². The van der Waals surface area contributed by atoms with Gasteiger partial charge in [-0.15, -0.1) is 0 Å². The van der Waals surface area contributed by atoms with Crippen LogP contribution in [-0.2, 0) is 14.8 Å². The van der Waals surface area contributed by atoms with Crippen molar-refractivity contribution in [3.63, 3.8) is 0 Å². The van der Waals surface area contributed by atoms with Crippen LogP contribution in [0.1, 0.15) is 17.6 Å². The zero-order chi connectivity index (χ0) is 20.4. The smallest absolute Gasteiger partial charge is 0.257 e. The molecule has 0 spiro atoms. The maximum Gasteiger partial charge on any atom is 0.257 e. The molecule has 8 nitrogen and oxygen atoms in total. The predicted octanol–water partition coefficient (Wildman–Crippen LogP) is 2.82. The van der Waals surface area contributed by atoms with E-state index in [1.165, 1.54) is 4.31 Å². The summed E-state index contributed by atoms with van der Waals surface area (Å²) in [5, 5.41) is 4.00. The summed E-state index contributed by atoms with van der Waals surface area (Å²) in [6.45, 7) is 2.54. The quantitative estimate of drug-likeness (QED) is 0.632. The average Bonchev–Trinajstić information content (AvgIpc) is 3.24. The fourth-order valence-electron chi connectivity index (χ4n) is 3.08. The van der Waals surface area contributed by atoms with Crippen LogP contribution in [0.25, 0.3) is 11.4 Å². The lowest BCUT2D eigenvalue weighted by molar-refractivity contribution is -0.0199. The molecule has 1 aliphatic rings. The molecular weight excluding hydrogens is 394 g/mol. The Labute approximate surface area is 169 Å². The van der Waals surface area contributed by atoms with Gasteiger partial charge in [-0.2, -0.15) is 9.29 Å². The first-order valence-corrected chi connectivity index (χ1v) is 10.6. The highest BCUT2D eigenvalue weighted by atomic mass is 32.2. The molecule has 1 saturated heterocycles. The molecule has 0 amide bonds. The summed E-state index contributed by atoms with van der Waals surface area (Å²) in [5.41, 5.74) is 1.77. The molecule has 2 aromatic carbocycles. The molecule has 2 heterocycles. The summed E-state index contributed by atoms with van der Waals surface area (Å²) in [7, 11) is -2.03. The van der Waals surface area contributed by atoms with Crippen molar-refractivity contribution in [3.05, 3.63) is 60.0 Å². The molecule has 1 aromatic heterocycles. The van der Waals surface area contributed by atoms with E-state index in [0.717, 1.165) is 16.9 Å². The van der Waals surface area contributed by atoms with Crippen LogP contribution in [0.4, 0.5) is 0 Å². The second-order valence-electron chi connectivity index (χ2n) is 6.72. The minimum Gasteiger partial charge on any atom is -0.497 e. The number of rotatable bonds is 5. The van der Waals surface area contributed by atoms with E-state index in [2.05, 4.69) is 10.1 Å². The van der Waals surface area contributed by atoms with Crippen LogP contribution in [0.15, 0.2) is 57.9 Å². The van der Waals surface area contributed by atoms with E-state index in [1.54, 1.807) is 43.5 Å². The van der Waals surface area contributed by atoms with Crippen molar-refractivity contribution >= 4 is 10.0 Å². The molecule has 29 heavy (non-hydrogen) atoms. The van der Waals surface area contributed by atoms with Crippen molar-refractivity contribution in [3.8, 4) is 17.1 Å². The second kappa shape index (κ2) is 7.94. The molecule has 0 radical (unpaired) electrons. The third-order valence-electron chi connectivity index (χ3n) is 4.75. The normalized spacial score (nSPS) is 17.9. The standard InChI is InChI=1S/C20H21N3O5S/c1-14-3-9-17(10-4-14)29(24,25)23-11-12-27-18(13-23)20-21-19(22-28-20)15-5-7-16(26-2)8-6-15/h3-10,18H,11-13H2,1-2H3. The largest absolute Gasteiger partial charge is 0.497 e. The van der Waals surface area contributed by atoms with Gasteiger partial charge in [0.2, 0.25) is 15.8 Å². The first kappa shape index (κ1) is 19.6. The Morgan fingerprint density at radius 1 is 1.10 bits per heavy atom. The van der Waals surface area contributed by atoms with E-state index in [-0.39, 0.29) is 30.5 Å². The highest BCUT2D eigenvalue weighted by Gasteiger charge is 2.34. The lowest BCUT2D eigenvalue weighted by Crippen LogP contribution is -2.42. The van der Waals surface area contributed by atoms with Crippen molar-refractivity contribution in [1.29, 1.82) is 0 Å². The van der Waals surface area contributed by atoms with E-state index in [0.29, 0.717) is 5.82 Å². The maximum absolute atomic E-state index is 13.0. The molecule has 1 unspecified atom stereocenters. The lowest BCUT2D eigenvalue weighted by atomic mass is 10.2. The summed E-state index contributed by atoms with van der Waals surface area (Å²) in [4.78, 5) is 4.65. The van der Waals surface area contributed by atoms with Crippen molar-refractivity contribution < 1.29 is 22.4 Å². The van der Waals surface area contributed by atoms with Crippen LogP contribution >= 0.6 is 0 Å². The van der Waals surface area contributed by atoms with Gasteiger partial charge in [-0.05, 0) is 43.3 Å². The van der Waals surface area contributed by atoms with Crippen molar-refractivity contribution in [1.82, 2.24) is 14.4 Å². The van der Waals surface area contributed by atoms with Gasteiger partial charge in [0.15, 0.2) is 6.10 Å². The molecule has 0 bridgehead atoms. The van der Waals surface area contributed by atoms with Crippen LogP contribution < -0.4 is 4.74 Å². The Bertz CT molecular complexity index is 1080. The monoisotopic (exact) mass is 415 g/mol. The van der Waals surface area contributed by atoms with Gasteiger partial charge in [0, 0.05) is 18.7 Å². The molecule has 0 N–H and O–H groups in total. The van der Waals surface area contributed by atoms with Crippen LogP contribution in [0.5, 0.6) is 5.75 Å². The number of methoxy groups -OCH3 is 1. The third-order valence-corrected chi connectivity index (χ3v) is 6.63. The minimum absolute atomic E-state index is 0.112. The Morgan fingerprint density at radius 3 is 2.52 bits per heavy atom. The number of aromatic nitrogens is 2. The summed E-state index contributed by atoms with van der Waals surface area (Å²) in [5.74, 6) is 1.38. The fourth-order valence-corrected chi connectivity index (χ4v) is 4.50. The van der Waals surface area contributed by atoms with Gasteiger partial charge in [0.1, 0.15) is 5.75 Å². The van der Waals surface area contributed by atoms with Gasteiger partial charge >= 0.3 is 0 Å². The third kappa shape index (κ3) is 4.02. The number of sulfonamides is 1. The number of ether oxygens (including phenoxy) is 2. The van der Waals surface area contributed by atoms with Crippen LogP contribution in [0, 0.1) is 6.92 Å². The number of aryl methyl sites for hydroxylation is 1. The summed E-state index contributed by atoms with van der Waals surface area (Å²) in [6.07, 6.45) is -0.622. The highest BCUT2D eigenvalue weighted by Crippen LogP contribution is 2.28. The van der Waals surface area contributed by atoms with Crippen molar-refractivity contribution in [2.45, 2.75) is 17.9 Å². The van der Waals surface area contributed by atoms with Crippen molar-refractivity contribution in [2.24, 2.45) is 0 Å². The Morgan fingerprint density at radius 2 is 1.83 bits per heavy atom. The minimum atomic E-state index is -3.62.